The minimum Gasteiger partial charge on any atom is -0.361 e. The van der Waals surface area contributed by atoms with Gasteiger partial charge in [-0.05, 0) is 32.0 Å². The van der Waals surface area contributed by atoms with Crippen LogP contribution in [0.2, 0.25) is 0 Å². The Morgan fingerprint density at radius 1 is 1.43 bits per heavy atom. The zero-order valence-corrected chi connectivity index (χ0v) is 11.5. The van der Waals surface area contributed by atoms with Crippen molar-refractivity contribution in [2.45, 2.75) is 20.4 Å². The molecule has 108 valence electrons. The van der Waals surface area contributed by atoms with Crippen molar-refractivity contribution in [1.82, 2.24) is 20.7 Å². The lowest BCUT2D eigenvalue weighted by molar-refractivity contribution is 0.0947. The number of carbonyl (C=O) groups is 1. The Morgan fingerprint density at radius 2 is 2.24 bits per heavy atom. The molecule has 3 rings (SSSR count). The summed E-state index contributed by atoms with van der Waals surface area (Å²) in [5, 5.41) is 13.7. The number of rotatable bonds is 3. The average Bonchev–Trinajstić information content (AvgIpc) is 3.00. The van der Waals surface area contributed by atoms with Crippen molar-refractivity contribution in [3.05, 3.63) is 46.7 Å². The number of aromatic nitrogens is 3. The van der Waals surface area contributed by atoms with Gasteiger partial charge in [0.15, 0.2) is 5.69 Å². The first-order valence-electron chi connectivity index (χ1n) is 6.40. The predicted molar refractivity (Wildman–Crippen MR) is 73.2 cm³/mol. The molecule has 2 N–H and O–H groups in total. The number of nitrogens with zero attached hydrogens (tertiary/aromatic N) is 2. The first-order chi connectivity index (χ1) is 10.1. The molecule has 0 aliphatic heterocycles. The molecule has 0 fully saturated rings. The number of H-pyrrole nitrogens is 1. The Balaban J connectivity index is 1.83. The molecule has 0 saturated carbocycles. The number of amides is 1. The van der Waals surface area contributed by atoms with Crippen molar-refractivity contribution in [2.75, 3.05) is 0 Å². The summed E-state index contributed by atoms with van der Waals surface area (Å²) in [6, 6.07) is 4.14. The van der Waals surface area contributed by atoms with Crippen molar-refractivity contribution in [3.8, 4) is 0 Å². The van der Waals surface area contributed by atoms with Crippen LogP contribution in [-0.2, 0) is 6.54 Å². The monoisotopic (exact) mass is 288 g/mol. The summed E-state index contributed by atoms with van der Waals surface area (Å²) in [4.78, 5) is 12.2. The van der Waals surface area contributed by atoms with Crippen molar-refractivity contribution < 1.29 is 13.7 Å². The molecule has 1 aromatic carbocycles. The van der Waals surface area contributed by atoms with Crippen LogP contribution >= 0.6 is 0 Å². The summed E-state index contributed by atoms with van der Waals surface area (Å²) >= 11 is 0. The molecule has 21 heavy (non-hydrogen) atoms. The lowest BCUT2D eigenvalue weighted by atomic mass is 10.2. The third-order valence-electron chi connectivity index (χ3n) is 3.35. The highest BCUT2D eigenvalue weighted by atomic mass is 19.1. The molecule has 1 amide bonds. The number of hydrogen-bond donors (Lipinski definition) is 2. The number of fused-ring (bicyclic) bond motifs is 1. The smallest absolute Gasteiger partial charge is 0.272 e. The molecule has 0 unspecified atom stereocenters. The molecule has 6 nitrogen and oxygen atoms in total. The quantitative estimate of drug-likeness (QED) is 0.774. The van der Waals surface area contributed by atoms with Gasteiger partial charge in [0.25, 0.3) is 5.91 Å². The van der Waals surface area contributed by atoms with Crippen LogP contribution in [0.1, 0.15) is 27.5 Å². The van der Waals surface area contributed by atoms with Crippen LogP contribution in [0.3, 0.4) is 0 Å². The maximum absolute atomic E-state index is 13.3. The van der Waals surface area contributed by atoms with E-state index in [1.54, 1.807) is 19.9 Å². The van der Waals surface area contributed by atoms with Crippen molar-refractivity contribution in [2.24, 2.45) is 0 Å². The number of halogens is 1. The molecule has 2 heterocycles. The van der Waals surface area contributed by atoms with Gasteiger partial charge >= 0.3 is 0 Å². The van der Waals surface area contributed by atoms with E-state index in [1.807, 2.05) is 0 Å². The summed E-state index contributed by atoms with van der Waals surface area (Å²) in [6.45, 7) is 3.86. The van der Waals surface area contributed by atoms with Gasteiger partial charge in [-0.15, -0.1) is 0 Å². The number of hydrogen-bond acceptors (Lipinski definition) is 4. The molecule has 3 aromatic rings. The van der Waals surface area contributed by atoms with Gasteiger partial charge in [-0.3, -0.25) is 9.89 Å². The highest BCUT2D eigenvalue weighted by molar-refractivity contribution is 6.04. The number of aromatic amines is 1. The van der Waals surface area contributed by atoms with Gasteiger partial charge in [-0.2, -0.15) is 5.10 Å². The van der Waals surface area contributed by atoms with E-state index in [0.717, 1.165) is 11.3 Å². The molecular weight excluding hydrogens is 275 g/mol. The molecule has 0 spiro atoms. The Hall–Kier alpha value is -2.70. The van der Waals surface area contributed by atoms with Crippen LogP contribution in [0.5, 0.6) is 0 Å². The van der Waals surface area contributed by atoms with Gasteiger partial charge < -0.3 is 9.84 Å². The number of benzene rings is 1. The third kappa shape index (κ3) is 2.37. The maximum Gasteiger partial charge on any atom is 0.272 e. The van der Waals surface area contributed by atoms with E-state index >= 15 is 0 Å². The second-order valence-corrected chi connectivity index (χ2v) is 4.75. The molecule has 7 heteroatoms. The van der Waals surface area contributed by atoms with E-state index in [4.69, 9.17) is 4.52 Å². The van der Waals surface area contributed by atoms with Gasteiger partial charge in [0.1, 0.15) is 11.6 Å². The van der Waals surface area contributed by atoms with Gasteiger partial charge in [-0.25, -0.2) is 4.39 Å². The predicted octanol–water partition coefficient (Wildman–Crippen LogP) is 2.24. The normalized spacial score (nSPS) is 11.0. The van der Waals surface area contributed by atoms with E-state index in [2.05, 4.69) is 20.7 Å². The van der Waals surface area contributed by atoms with Crippen LogP contribution in [-0.4, -0.2) is 21.3 Å². The SMILES string of the molecule is Cc1noc(C)c1CNC(=O)c1n[nH]c2ccc(F)cc12. The molecule has 0 bridgehead atoms. The molecule has 2 aromatic heterocycles. The summed E-state index contributed by atoms with van der Waals surface area (Å²) < 4.78 is 18.3. The van der Waals surface area contributed by atoms with Gasteiger partial charge in [0.2, 0.25) is 0 Å². The second kappa shape index (κ2) is 5.01. The first-order valence-corrected chi connectivity index (χ1v) is 6.40. The van der Waals surface area contributed by atoms with E-state index in [9.17, 15) is 9.18 Å². The lowest BCUT2D eigenvalue weighted by Crippen LogP contribution is -2.23. The Morgan fingerprint density at radius 3 is 2.95 bits per heavy atom. The summed E-state index contributed by atoms with van der Waals surface area (Å²) in [7, 11) is 0. The van der Waals surface area contributed by atoms with E-state index in [-0.39, 0.29) is 18.1 Å². The topological polar surface area (TPSA) is 83.8 Å². The van der Waals surface area contributed by atoms with Crippen molar-refractivity contribution >= 4 is 16.8 Å². The van der Waals surface area contributed by atoms with Gasteiger partial charge in [0, 0.05) is 17.5 Å². The Bertz CT molecular complexity index is 802. The fourth-order valence-electron chi connectivity index (χ4n) is 2.17. The van der Waals surface area contributed by atoms with E-state index < -0.39 is 5.82 Å². The zero-order valence-electron chi connectivity index (χ0n) is 11.5. The highest BCUT2D eigenvalue weighted by Crippen LogP contribution is 2.17. The lowest BCUT2D eigenvalue weighted by Gasteiger charge is -2.03. The van der Waals surface area contributed by atoms with Crippen LogP contribution in [0, 0.1) is 19.7 Å². The largest absolute Gasteiger partial charge is 0.361 e. The van der Waals surface area contributed by atoms with Crippen LogP contribution in [0.4, 0.5) is 4.39 Å². The minimum atomic E-state index is -0.413. The van der Waals surface area contributed by atoms with Crippen LogP contribution < -0.4 is 5.32 Å². The fraction of sp³-hybridized carbons (Fsp3) is 0.214. The average molecular weight is 288 g/mol. The molecule has 0 aliphatic rings. The number of carbonyl (C=O) groups excluding carboxylic acids is 1. The van der Waals surface area contributed by atoms with Crippen molar-refractivity contribution in [3.63, 3.8) is 0 Å². The highest BCUT2D eigenvalue weighted by Gasteiger charge is 2.16. The molecule has 0 atom stereocenters. The van der Waals surface area contributed by atoms with Gasteiger partial charge in [-0.1, -0.05) is 5.16 Å². The molecule has 0 saturated heterocycles. The van der Waals surface area contributed by atoms with Gasteiger partial charge in [0.05, 0.1) is 11.2 Å². The first kappa shape index (κ1) is 13.3. The maximum atomic E-state index is 13.3. The molecule has 0 radical (unpaired) electrons. The summed E-state index contributed by atoms with van der Waals surface area (Å²) in [5.74, 6) is -0.138. The Labute approximate surface area is 119 Å². The van der Waals surface area contributed by atoms with E-state index in [0.29, 0.717) is 16.7 Å². The van der Waals surface area contributed by atoms with Crippen LogP contribution in [0.15, 0.2) is 22.7 Å². The number of nitrogens with one attached hydrogen (secondary N) is 2. The molecular formula is C14H13FN4O2. The minimum absolute atomic E-state index is 0.163. The fourth-order valence-corrected chi connectivity index (χ4v) is 2.17. The standard InChI is InChI=1S/C14H13FN4O2/c1-7-11(8(2)21-19-7)6-16-14(20)13-10-5-9(15)3-4-12(10)17-18-13/h3-5H,6H2,1-2H3,(H,16,20)(H,17,18). The van der Waals surface area contributed by atoms with E-state index in [1.165, 1.54) is 12.1 Å². The van der Waals surface area contributed by atoms with Crippen molar-refractivity contribution in [1.29, 1.82) is 0 Å². The third-order valence-corrected chi connectivity index (χ3v) is 3.35. The second-order valence-electron chi connectivity index (χ2n) is 4.75. The Kier molecular flexibility index (Phi) is 3.17. The zero-order chi connectivity index (χ0) is 15.0. The number of aryl methyl sites for hydroxylation is 2. The van der Waals surface area contributed by atoms with Crippen LogP contribution in [0.25, 0.3) is 10.9 Å². The molecule has 0 aliphatic carbocycles. The summed E-state index contributed by atoms with van der Waals surface area (Å²) in [6.07, 6.45) is 0. The summed E-state index contributed by atoms with van der Waals surface area (Å²) in [5.41, 5.74) is 2.33.